The van der Waals surface area contributed by atoms with Crippen LogP contribution in [0, 0.1) is 11.3 Å². The first-order valence-electron chi connectivity index (χ1n) is 9.50. The Hall–Kier alpha value is -3.24. The maximum absolute atomic E-state index is 13.4. The van der Waals surface area contributed by atoms with E-state index in [4.69, 9.17) is 21.1 Å². The van der Waals surface area contributed by atoms with Crippen LogP contribution in [0.4, 0.5) is 0 Å². The summed E-state index contributed by atoms with van der Waals surface area (Å²) in [6, 6.07) is 12.2. The van der Waals surface area contributed by atoms with Crippen molar-refractivity contribution < 1.29 is 14.3 Å². The van der Waals surface area contributed by atoms with Gasteiger partial charge < -0.3 is 9.47 Å². The van der Waals surface area contributed by atoms with Crippen molar-refractivity contribution in [2.24, 2.45) is 0 Å². The van der Waals surface area contributed by atoms with Gasteiger partial charge in [-0.05, 0) is 42.3 Å². The standard InChI is InChI=1S/C22H22ClN3O4/c1-4-17(13-30-14(2)27)26-19-7-5-15(11-24)10-20(19)25(22(26)28)12-16-6-8-21(29-3)18(23)9-16/h5-10,17H,4,12-13H2,1-3H3/t17-/m0/s1. The summed E-state index contributed by atoms with van der Waals surface area (Å²) in [4.78, 5) is 24.7. The number of carbonyl (C=O) groups is 1. The third-order valence-corrected chi connectivity index (χ3v) is 5.26. The summed E-state index contributed by atoms with van der Waals surface area (Å²) < 4.78 is 13.6. The maximum Gasteiger partial charge on any atom is 0.329 e. The first kappa shape index (κ1) is 21.5. The molecule has 156 valence electrons. The minimum atomic E-state index is -0.398. The summed E-state index contributed by atoms with van der Waals surface area (Å²) in [5.74, 6) is 0.152. The third-order valence-electron chi connectivity index (χ3n) is 4.96. The molecule has 0 fully saturated rings. The average Bonchev–Trinajstić information content (AvgIpc) is 3.00. The van der Waals surface area contributed by atoms with Crippen LogP contribution in [0.2, 0.25) is 5.02 Å². The lowest BCUT2D eigenvalue weighted by Gasteiger charge is -2.16. The summed E-state index contributed by atoms with van der Waals surface area (Å²) in [6.45, 7) is 3.63. The van der Waals surface area contributed by atoms with Gasteiger partial charge in [0, 0.05) is 6.92 Å². The van der Waals surface area contributed by atoms with Gasteiger partial charge >= 0.3 is 11.7 Å². The topological polar surface area (TPSA) is 86.2 Å². The zero-order chi connectivity index (χ0) is 21.8. The number of rotatable bonds is 7. The molecule has 0 bridgehead atoms. The number of benzene rings is 2. The quantitative estimate of drug-likeness (QED) is 0.534. The van der Waals surface area contributed by atoms with E-state index >= 15 is 0 Å². The second kappa shape index (κ2) is 9.06. The van der Waals surface area contributed by atoms with Crippen LogP contribution >= 0.6 is 11.6 Å². The van der Waals surface area contributed by atoms with Crippen LogP contribution in [0.5, 0.6) is 5.75 Å². The fraction of sp³-hybridized carbons (Fsp3) is 0.318. The number of ether oxygens (including phenoxy) is 2. The van der Waals surface area contributed by atoms with E-state index in [9.17, 15) is 14.9 Å². The van der Waals surface area contributed by atoms with E-state index in [1.54, 1.807) is 39.5 Å². The summed E-state index contributed by atoms with van der Waals surface area (Å²) in [7, 11) is 1.54. The number of nitrogens with zero attached hydrogens (tertiary/aromatic N) is 3. The van der Waals surface area contributed by atoms with Gasteiger partial charge in [-0.25, -0.2) is 4.79 Å². The number of fused-ring (bicyclic) bond motifs is 1. The lowest BCUT2D eigenvalue weighted by Crippen LogP contribution is -2.30. The monoisotopic (exact) mass is 427 g/mol. The number of carbonyl (C=O) groups excluding carboxylic acids is 1. The molecule has 0 spiro atoms. The molecule has 3 aromatic rings. The second-order valence-electron chi connectivity index (χ2n) is 6.89. The highest BCUT2D eigenvalue weighted by atomic mass is 35.5. The molecular formula is C22H22ClN3O4. The Kier molecular flexibility index (Phi) is 6.48. The van der Waals surface area contributed by atoms with Crippen LogP contribution in [-0.2, 0) is 16.1 Å². The third kappa shape index (κ3) is 4.19. The Labute approximate surface area is 179 Å². The van der Waals surface area contributed by atoms with Crippen LogP contribution < -0.4 is 10.4 Å². The minimum absolute atomic E-state index is 0.0964. The highest BCUT2D eigenvalue weighted by Gasteiger charge is 2.21. The molecule has 3 rings (SSSR count). The normalized spacial score (nSPS) is 11.8. The van der Waals surface area contributed by atoms with E-state index in [0.29, 0.717) is 33.8 Å². The van der Waals surface area contributed by atoms with Gasteiger partial charge in [-0.1, -0.05) is 24.6 Å². The van der Waals surface area contributed by atoms with Crippen LogP contribution in [0.25, 0.3) is 11.0 Å². The molecule has 0 aliphatic carbocycles. The Morgan fingerprint density at radius 1 is 1.23 bits per heavy atom. The number of imidazole rings is 1. The van der Waals surface area contributed by atoms with Crippen molar-refractivity contribution in [3.63, 3.8) is 0 Å². The molecule has 1 atom stereocenters. The van der Waals surface area contributed by atoms with E-state index in [0.717, 1.165) is 5.56 Å². The highest BCUT2D eigenvalue weighted by Crippen LogP contribution is 2.26. The van der Waals surface area contributed by atoms with Crippen molar-refractivity contribution >= 4 is 28.6 Å². The van der Waals surface area contributed by atoms with Crippen molar-refractivity contribution in [1.29, 1.82) is 5.26 Å². The number of halogens is 1. The molecule has 0 saturated carbocycles. The number of hydrogen-bond acceptors (Lipinski definition) is 5. The summed E-state index contributed by atoms with van der Waals surface area (Å²) in [5.41, 5.74) is 2.34. The van der Waals surface area contributed by atoms with Gasteiger partial charge in [-0.2, -0.15) is 5.26 Å². The first-order valence-corrected chi connectivity index (χ1v) is 9.88. The van der Waals surface area contributed by atoms with Gasteiger partial charge in [0.2, 0.25) is 0 Å². The van der Waals surface area contributed by atoms with Gasteiger partial charge in [0.15, 0.2) is 0 Å². The fourth-order valence-corrected chi connectivity index (χ4v) is 3.71. The summed E-state index contributed by atoms with van der Waals surface area (Å²) >= 11 is 6.24. The van der Waals surface area contributed by atoms with Crippen LogP contribution in [0.15, 0.2) is 41.2 Å². The summed E-state index contributed by atoms with van der Waals surface area (Å²) in [5, 5.41) is 9.77. The molecule has 1 aromatic heterocycles. The van der Waals surface area contributed by atoms with Crippen molar-refractivity contribution in [1.82, 2.24) is 9.13 Å². The van der Waals surface area contributed by atoms with Gasteiger partial charge in [0.1, 0.15) is 12.4 Å². The molecule has 1 heterocycles. The van der Waals surface area contributed by atoms with E-state index in [1.807, 2.05) is 13.0 Å². The smallest absolute Gasteiger partial charge is 0.329 e. The van der Waals surface area contributed by atoms with Crippen LogP contribution in [0.1, 0.15) is 37.4 Å². The van der Waals surface area contributed by atoms with Crippen LogP contribution in [0.3, 0.4) is 0 Å². The predicted molar refractivity (Wildman–Crippen MR) is 114 cm³/mol. The Balaban J connectivity index is 2.14. The molecule has 0 radical (unpaired) electrons. The Morgan fingerprint density at radius 2 is 2.00 bits per heavy atom. The van der Waals surface area contributed by atoms with Gasteiger partial charge in [-0.15, -0.1) is 0 Å². The molecule has 0 N–H and O–H groups in total. The van der Waals surface area contributed by atoms with E-state index in [1.165, 1.54) is 14.0 Å². The lowest BCUT2D eigenvalue weighted by molar-refractivity contribution is -0.142. The van der Waals surface area contributed by atoms with Crippen molar-refractivity contribution in [3.05, 3.63) is 63.0 Å². The number of esters is 1. The van der Waals surface area contributed by atoms with Crippen molar-refractivity contribution in [2.45, 2.75) is 32.9 Å². The molecule has 7 nitrogen and oxygen atoms in total. The molecule has 8 heteroatoms. The van der Waals surface area contributed by atoms with Gasteiger partial charge in [0.25, 0.3) is 0 Å². The predicted octanol–water partition coefficient (Wildman–Crippen LogP) is 3.90. The average molecular weight is 428 g/mol. The molecule has 0 aliphatic heterocycles. The molecule has 0 amide bonds. The second-order valence-corrected chi connectivity index (χ2v) is 7.29. The molecule has 2 aromatic carbocycles. The number of methoxy groups -OCH3 is 1. The van der Waals surface area contributed by atoms with Crippen molar-refractivity contribution in [2.75, 3.05) is 13.7 Å². The molecule has 30 heavy (non-hydrogen) atoms. The van der Waals surface area contributed by atoms with Gasteiger partial charge in [-0.3, -0.25) is 13.9 Å². The molecule has 0 saturated heterocycles. The Morgan fingerprint density at radius 3 is 2.60 bits per heavy atom. The molecule has 0 unspecified atom stereocenters. The SMILES string of the molecule is CC[C@@H](COC(C)=O)n1c(=O)n(Cc2ccc(OC)c(Cl)c2)c2cc(C#N)ccc21. The number of hydrogen-bond donors (Lipinski definition) is 0. The largest absolute Gasteiger partial charge is 0.495 e. The maximum atomic E-state index is 13.4. The van der Waals surface area contributed by atoms with Gasteiger partial charge in [0.05, 0.1) is 47.4 Å². The zero-order valence-corrected chi connectivity index (χ0v) is 17.8. The lowest BCUT2D eigenvalue weighted by atomic mass is 10.2. The summed E-state index contributed by atoms with van der Waals surface area (Å²) in [6.07, 6.45) is 0.598. The molecule has 0 aliphatic rings. The van der Waals surface area contributed by atoms with Crippen LogP contribution in [-0.4, -0.2) is 28.8 Å². The first-order chi connectivity index (χ1) is 14.4. The number of nitriles is 1. The van der Waals surface area contributed by atoms with E-state index < -0.39 is 5.97 Å². The fourth-order valence-electron chi connectivity index (χ4n) is 3.43. The number of aromatic nitrogens is 2. The van der Waals surface area contributed by atoms with Crippen molar-refractivity contribution in [3.8, 4) is 11.8 Å². The molecular weight excluding hydrogens is 406 g/mol. The van der Waals surface area contributed by atoms with E-state index in [2.05, 4.69) is 6.07 Å². The zero-order valence-electron chi connectivity index (χ0n) is 17.0. The minimum Gasteiger partial charge on any atom is -0.495 e. The Bertz CT molecular complexity index is 1190. The highest BCUT2D eigenvalue weighted by molar-refractivity contribution is 6.32. The van der Waals surface area contributed by atoms with E-state index in [-0.39, 0.29) is 24.9 Å².